The van der Waals surface area contributed by atoms with Crippen molar-refractivity contribution in [1.29, 1.82) is 0 Å². The Kier molecular flexibility index (Phi) is 3.86. The molecular formula is C16H16N4O5. The molecule has 0 unspecified atom stereocenters. The number of hydrazone groups is 1. The number of aryl methyl sites for hydroxylation is 3. The van der Waals surface area contributed by atoms with Gasteiger partial charge in [0.1, 0.15) is 5.92 Å². The summed E-state index contributed by atoms with van der Waals surface area (Å²) in [7, 11) is 1.13. The zero-order valence-electron chi connectivity index (χ0n) is 14.1. The first kappa shape index (κ1) is 16.7. The summed E-state index contributed by atoms with van der Waals surface area (Å²) >= 11 is 0. The van der Waals surface area contributed by atoms with E-state index in [9.17, 15) is 19.3 Å². The molecule has 3 rings (SSSR count). The lowest BCUT2D eigenvalue weighted by Gasteiger charge is -2.21. The Balaban J connectivity index is 2.12. The van der Waals surface area contributed by atoms with E-state index in [2.05, 4.69) is 15.1 Å². The highest BCUT2D eigenvalue weighted by molar-refractivity contribution is 6.46. The highest BCUT2D eigenvalue weighted by Crippen LogP contribution is 2.38. The Labute approximate surface area is 143 Å². The molecular weight excluding hydrogens is 328 g/mol. The number of rotatable bonds is 3. The second-order valence-corrected chi connectivity index (χ2v) is 6.06. The van der Waals surface area contributed by atoms with Gasteiger partial charge in [0.05, 0.1) is 18.1 Å². The molecule has 1 saturated heterocycles. The quantitative estimate of drug-likeness (QED) is 0.460. The SMILES string of the molecule is COC(=O)C1=NN(N=O)[C@H]2C(=O)N(c3c(C)cc(C)cc3C)C(=O)[C@H]12. The molecule has 2 aliphatic heterocycles. The molecule has 2 heterocycles. The summed E-state index contributed by atoms with van der Waals surface area (Å²) in [5, 5.41) is 6.90. The van der Waals surface area contributed by atoms with E-state index in [0.717, 1.165) is 28.7 Å². The Morgan fingerprint density at radius 2 is 1.76 bits per heavy atom. The van der Waals surface area contributed by atoms with Crippen molar-refractivity contribution in [2.45, 2.75) is 26.8 Å². The van der Waals surface area contributed by atoms with E-state index >= 15 is 0 Å². The Morgan fingerprint density at radius 1 is 1.16 bits per heavy atom. The fourth-order valence-corrected chi connectivity index (χ4v) is 3.48. The van der Waals surface area contributed by atoms with Gasteiger partial charge in [0.15, 0.2) is 11.8 Å². The molecule has 1 aromatic rings. The highest BCUT2D eigenvalue weighted by atomic mass is 16.5. The lowest BCUT2D eigenvalue weighted by molar-refractivity contribution is -0.133. The predicted octanol–water partition coefficient (Wildman–Crippen LogP) is 0.996. The molecule has 9 heteroatoms. The summed E-state index contributed by atoms with van der Waals surface area (Å²) in [4.78, 5) is 49.7. The summed E-state index contributed by atoms with van der Waals surface area (Å²) in [6.07, 6.45) is 0. The van der Waals surface area contributed by atoms with Crippen LogP contribution in [0.3, 0.4) is 0 Å². The minimum absolute atomic E-state index is 0.296. The molecule has 130 valence electrons. The maximum Gasteiger partial charge on any atom is 0.355 e. The zero-order chi connectivity index (χ0) is 18.5. The smallest absolute Gasteiger partial charge is 0.355 e. The first-order valence-corrected chi connectivity index (χ1v) is 7.56. The van der Waals surface area contributed by atoms with E-state index in [1.807, 2.05) is 19.1 Å². The van der Waals surface area contributed by atoms with Crippen molar-refractivity contribution >= 4 is 29.2 Å². The second-order valence-electron chi connectivity index (χ2n) is 6.06. The third-order valence-corrected chi connectivity index (χ3v) is 4.37. The Bertz CT molecular complexity index is 824. The topological polar surface area (TPSA) is 109 Å². The van der Waals surface area contributed by atoms with E-state index in [1.165, 1.54) is 0 Å². The number of fused-ring (bicyclic) bond motifs is 1. The van der Waals surface area contributed by atoms with E-state index in [-0.39, 0.29) is 5.71 Å². The highest BCUT2D eigenvalue weighted by Gasteiger charge is 2.60. The Hall–Kier alpha value is -3.10. The summed E-state index contributed by atoms with van der Waals surface area (Å²) in [5.74, 6) is -3.35. The Morgan fingerprint density at radius 3 is 2.28 bits per heavy atom. The number of methoxy groups -OCH3 is 1. The van der Waals surface area contributed by atoms with Crippen molar-refractivity contribution in [3.63, 3.8) is 0 Å². The van der Waals surface area contributed by atoms with Gasteiger partial charge in [0.2, 0.25) is 5.91 Å². The normalized spacial score (nSPS) is 22.2. The number of amides is 2. The van der Waals surface area contributed by atoms with Gasteiger partial charge in [-0.3, -0.25) is 9.59 Å². The van der Waals surface area contributed by atoms with Crippen molar-refractivity contribution < 1.29 is 19.1 Å². The standard InChI is InChI=1S/C16H16N4O5/c1-7-5-8(2)12(9(3)6-7)19-14(21)10-11(16(23)25-4)17-20(18-24)13(10)15(19)22/h5-6,10,13H,1-4H3/t10-,13-/m1/s1. The van der Waals surface area contributed by atoms with Crippen LogP contribution in [0.25, 0.3) is 0 Å². The van der Waals surface area contributed by atoms with E-state index in [1.54, 1.807) is 13.8 Å². The van der Waals surface area contributed by atoms with E-state index in [4.69, 9.17) is 0 Å². The molecule has 0 aromatic heterocycles. The van der Waals surface area contributed by atoms with Crippen molar-refractivity contribution in [1.82, 2.24) is 5.12 Å². The molecule has 25 heavy (non-hydrogen) atoms. The molecule has 1 fully saturated rings. The number of nitroso groups, excluding NO2 is 1. The molecule has 1 aromatic carbocycles. The fraction of sp³-hybridized carbons (Fsp3) is 0.375. The minimum atomic E-state index is -1.26. The molecule has 2 amide bonds. The van der Waals surface area contributed by atoms with Crippen LogP contribution in [0.5, 0.6) is 0 Å². The largest absolute Gasteiger partial charge is 0.464 e. The van der Waals surface area contributed by atoms with Crippen LogP contribution in [0.4, 0.5) is 5.69 Å². The van der Waals surface area contributed by atoms with Crippen molar-refractivity contribution in [2.24, 2.45) is 16.3 Å². The number of carbonyl (C=O) groups excluding carboxylic acids is 3. The van der Waals surface area contributed by atoms with Gasteiger partial charge in [-0.25, -0.2) is 9.69 Å². The maximum absolute atomic E-state index is 12.9. The summed E-state index contributed by atoms with van der Waals surface area (Å²) in [5.41, 5.74) is 2.62. The monoisotopic (exact) mass is 344 g/mol. The molecule has 0 saturated carbocycles. The van der Waals surface area contributed by atoms with Gasteiger partial charge in [0.25, 0.3) is 5.91 Å². The average Bonchev–Trinajstić information content (AvgIpc) is 3.05. The van der Waals surface area contributed by atoms with Crippen molar-refractivity contribution in [3.8, 4) is 0 Å². The fourth-order valence-electron chi connectivity index (χ4n) is 3.48. The third kappa shape index (κ3) is 2.31. The molecule has 2 aliphatic rings. The predicted molar refractivity (Wildman–Crippen MR) is 87.5 cm³/mol. The van der Waals surface area contributed by atoms with E-state index < -0.39 is 29.7 Å². The molecule has 0 aliphatic carbocycles. The maximum atomic E-state index is 12.9. The van der Waals surface area contributed by atoms with Gasteiger partial charge in [-0.15, -0.1) is 15.1 Å². The molecule has 9 nitrogen and oxygen atoms in total. The van der Waals surface area contributed by atoms with Crippen LogP contribution in [0, 0.1) is 31.6 Å². The van der Waals surface area contributed by atoms with Crippen molar-refractivity contribution in [3.05, 3.63) is 33.7 Å². The van der Waals surface area contributed by atoms with Gasteiger partial charge in [-0.05, 0) is 31.9 Å². The molecule has 0 spiro atoms. The molecule has 2 atom stereocenters. The summed E-state index contributed by atoms with van der Waals surface area (Å²) in [6, 6.07) is 2.43. The minimum Gasteiger partial charge on any atom is -0.464 e. The number of carbonyl (C=O) groups is 3. The second kappa shape index (κ2) is 5.76. The van der Waals surface area contributed by atoms with E-state index in [0.29, 0.717) is 10.8 Å². The average molecular weight is 344 g/mol. The number of nitrogens with zero attached hydrogens (tertiary/aromatic N) is 4. The molecule has 0 radical (unpaired) electrons. The van der Waals surface area contributed by atoms with Gasteiger partial charge < -0.3 is 4.74 Å². The van der Waals surface area contributed by atoms with Crippen molar-refractivity contribution in [2.75, 3.05) is 12.0 Å². The van der Waals surface area contributed by atoms with Crippen LogP contribution < -0.4 is 4.90 Å². The third-order valence-electron chi connectivity index (χ3n) is 4.37. The number of anilines is 1. The van der Waals surface area contributed by atoms with Crippen LogP contribution in [0.15, 0.2) is 22.5 Å². The zero-order valence-corrected chi connectivity index (χ0v) is 14.1. The number of imide groups is 1. The summed E-state index contributed by atoms with van der Waals surface area (Å²) in [6.45, 7) is 5.48. The van der Waals surface area contributed by atoms with Crippen LogP contribution >= 0.6 is 0 Å². The first-order chi connectivity index (χ1) is 11.8. The van der Waals surface area contributed by atoms with Crippen LogP contribution in [0.2, 0.25) is 0 Å². The number of hydrogen-bond donors (Lipinski definition) is 0. The number of hydrogen-bond acceptors (Lipinski definition) is 7. The van der Waals surface area contributed by atoms with Crippen LogP contribution in [0.1, 0.15) is 16.7 Å². The lowest BCUT2D eigenvalue weighted by Crippen LogP contribution is -2.37. The van der Waals surface area contributed by atoms with Crippen LogP contribution in [-0.2, 0) is 19.1 Å². The summed E-state index contributed by atoms with van der Waals surface area (Å²) < 4.78 is 4.60. The number of benzene rings is 1. The molecule has 0 bridgehead atoms. The van der Waals surface area contributed by atoms with Crippen LogP contribution in [-0.4, -0.2) is 41.8 Å². The van der Waals surface area contributed by atoms with Gasteiger partial charge in [-0.2, -0.15) is 0 Å². The molecule has 0 N–H and O–H groups in total. The first-order valence-electron chi connectivity index (χ1n) is 7.56. The van der Waals surface area contributed by atoms with Gasteiger partial charge in [0, 0.05) is 0 Å². The van der Waals surface area contributed by atoms with Gasteiger partial charge in [-0.1, -0.05) is 17.7 Å². The van der Waals surface area contributed by atoms with Gasteiger partial charge >= 0.3 is 5.97 Å². The lowest BCUT2D eigenvalue weighted by atomic mass is 9.98. The number of ether oxygens (including phenoxy) is 1. The number of esters is 1.